The van der Waals surface area contributed by atoms with Crippen molar-refractivity contribution in [2.75, 3.05) is 0 Å². The van der Waals surface area contributed by atoms with E-state index < -0.39 is 0 Å². The maximum absolute atomic E-state index is 8.87. The maximum atomic E-state index is 8.87. The predicted octanol–water partition coefficient (Wildman–Crippen LogP) is 2.49. The summed E-state index contributed by atoms with van der Waals surface area (Å²) in [7, 11) is 0. The van der Waals surface area contributed by atoms with E-state index in [0.29, 0.717) is 10.6 Å². The first-order valence-corrected chi connectivity index (χ1v) is 4.95. The number of rotatable bonds is 3. The topological polar surface area (TPSA) is 49.8 Å². The molecule has 0 spiro atoms. The molecular formula is C11H13ClN2. The van der Waals surface area contributed by atoms with Gasteiger partial charge in [-0.25, -0.2) is 0 Å². The summed E-state index contributed by atoms with van der Waals surface area (Å²) in [4.78, 5) is 0. The summed E-state index contributed by atoms with van der Waals surface area (Å²) >= 11 is 5.78. The Labute approximate surface area is 89.3 Å². The molecule has 0 fully saturated rings. The van der Waals surface area contributed by atoms with E-state index in [4.69, 9.17) is 22.6 Å². The number of hydrogen-bond donors (Lipinski definition) is 1. The Hall–Kier alpha value is -1.04. The van der Waals surface area contributed by atoms with Crippen molar-refractivity contribution in [3.63, 3.8) is 0 Å². The van der Waals surface area contributed by atoms with Crippen molar-refractivity contribution in [2.45, 2.75) is 25.8 Å². The standard InChI is InChI=1S/C11H13ClN2/c1-8(14)2-3-9-4-5-11(12)6-10(9)7-13/h4-6,8H,2-3,14H2,1H3/t8-/m0/s1. The Morgan fingerprint density at radius 2 is 2.29 bits per heavy atom. The van der Waals surface area contributed by atoms with Crippen LogP contribution in [0.3, 0.4) is 0 Å². The summed E-state index contributed by atoms with van der Waals surface area (Å²) in [6.07, 6.45) is 1.72. The lowest BCUT2D eigenvalue weighted by molar-refractivity contribution is 0.665. The van der Waals surface area contributed by atoms with Crippen molar-refractivity contribution in [1.29, 1.82) is 5.26 Å². The van der Waals surface area contributed by atoms with Gasteiger partial charge < -0.3 is 5.73 Å². The summed E-state index contributed by atoms with van der Waals surface area (Å²) in [5, 5.41) is 9.47. The molecule has 0 aliphatic heterocycles. The number of benzene rings is 1. The molecule has 0 radical (unpaired) electrons. The molecule has 1 atom stereocenters. The van der Waals surface area contributed by atoms with Crippen LogP contribution >= 0.6 is 11.6 Å². The van der Waals surface area contributed by atoms with Crippen molar-refractivity contribution in [3.05, 3.63) is 34.3 Å². The molecule has 14 heavy (non-hydrogen) atoms. The highest BCUT2D eigenvalue weighted by atomic mass is 35.5. The molecule has 0 aromatic heterocycles. The molecule has 1 aromatic rings. The van der Waals surface area contributed by atoms with Gasteiger partial charge in [-0.05, 0) is 37.5 Å². The highest BCUT2D eigenvalue weighted by molar-refractivity contribution is 6.30. The molecule has 0 aliphatic rings. The fraction of sp³-hybridized carbons (Fsp3) is 0.364. The summed E-state index contributed by atoms with van der Waals surface area (Å²) in [6, 6.07) is 7.69. The molecule has 0 unspecified atom stereocenters. The van der Waals surface area contributed by atoms with Crippen LogP contribution in [-0.2, 0) is 6.42 Å². The van der Waals surface area contributed by atoms with Gasteiger partial charge in [-0.3, -0.25) is 0 Å². The van der Waals surface area contributed by atoms with Gasteiger partial charge in [0, 0.05) is 11.1 Å². The zero-order valence-corrected chi connectivity index (χ0v) is 8.88. The van der Waals surface area contributed by atoms with Crippen molar-refractivity contribution in [1.82, 2.24) is 0 Å². The number of halogens is 1. The SMILES string of the molecule is C[C@H](N)CCc1ccc(Cl)cc1C#N. The highest BCUT2D eigenvalue weighted by Gasteiger charge is 2.03. The Balaban J connectivity index is 2.82. The second kappa shape index (κ2) is 4.99. The van der Waals surface area contributed by atoms with Crippen LogP contribution in [0.4, 0.5) is 0 Å². The van der Waals surface area contributed by atoms with E-state index in [1.807, 2.05) is 13.0 Å². The van der Waals surface area contributed by atoms with Gasteiger partial charge in [-0.15, -0.1) is 0 Å². The van der Waals surface area contributed by atoms with Crippen LogP contribution < -0.4 is 5.73 Å². The molecule has 0 amide bonds. The van der Waals surface area contributed by atoms with Gasteiger partial charge in [0.05, 0.1) is 11.6 Å². The van der Waals surface area contributed by atoms with E-state index in [2.05, 4.69) is 6.07 Å². The van der Waals surface area contributed by atoms with Crippen LogP contribution in [-0.4, -0.2) is 6.04 Å². The lowest BCUT2D eigenvalue weighted by Gasteiger charge is -2.06. The van der Waals surface area contributed by atoms with Crippen LogP contribution in [0.15, 0.2) is 18.2 Å². The van der Waals surface area contributed by atoms with Gasteiger partial charge in [0.2, 0.25) is 0 Å². The van der Waals surface area contributed by atoms with Gasteiger partial charge in [0.15, 0.2) is 0 Å². The quantitative estimate of drug-likeness (QED) is 0.830. The molecule has 2 nitrogen and oxygen atoms in total. The molecule has 3 heteroatoms. The number of nitrogens with two attached hydrogens (primary N) is 1. The van der Waals surface area contributed by atoms with Gasteiger partial charge >= 0.3 is 0 Å². The zero-order valence-electron chi connectivity index (χ0n) is 8.13. The lowest BCUT2D eigenvalue weighted by atomic mass is 10.0. The van der Waals surface area contributed by atoms with Crippen molar-refractivity contribution < 1.29 is 0 Å². The third-order valence-electron chi connectivity index (χ3n) is 2.06. The first-order valence-electron chi connectivity index (χ1n) is 4.57. The highest BCUT2D eigenvalue weighted by Crippen LogP contribution is 2.16. The van der Waals surface area contributed by atoms with Crippen LogP contribution in [0.5, 0.6) is 0 Å². The van der Waals surface area contributed by atoms with Crippen LogP contribution in [0.25, 0.3) is 0 Å². The maximum Gasteiger partial charge on any atom is 0.0995 e. The molecule has 2 N–H and O–H groups in total. The molecule has 0 bridgehead atoms. The minimum atomic E-state index is 0.164. The summed E-state index contributed by atoms with van der Waals surface area (Å²) < 4.78 is 0. The van der Waals surface area contributed by atoms with E-state index in [9.17, 15) is 0 Å². The van der Waals surface area contributed by atoms with E-state index in [-0.39, 0.29) is 6.04 Å². The molecule has 1 rings (SSSR count). The van der Waals surface area contributed by atoms with Crippen molar-refractivity contribution in [2.24, 2.45) is 5.73 Å². The molecule has 0 aliphatic carbocycles. The second-order valence-corrected chi connectivity index (χ2v) is 3.87. The van der Waals surface area contributed by atoms with E-state index in [1.54, 1.807) is 12.1 Å². The van der Waals surface area contributed by atoms with Gasteiger partial charge in [-0.2, -0.15) is 5.26 Å². The summed E-state index contributed by atoms with van der Waals surface area (Å²) in [5.41, 5.74) is 7.33. The molecule has 0 saturated carbocycles. The normalized spacial score (nSPS) is 12.1. The fourth-order valence-electron chi connectivity index (χ4n) is 1.25. The van der Waals surface area contributed by atoms with E-state index in [0.717, 1.165) is 18.4 Å². The largest absolute Gasteiger partial charge is 0.328 e. The van der Waals surface area contributed by atoms with Crippen molar-refractivity contribution >= 4 is 11.6 Å². The Morgan fingerprint density at radius 1 is 1.57 bits per heavy atom. The van der Waals surface area contributed by atoms with Crippen molar-refractivity contribution in [3.8, 4) is 6.07 Å². The lowest BCUT2D eigenvalue weighted by Crippen LogP contribution is -2.15. The van der Waals surface area contributed by atoms with Gasteiger partial charge in [0.25, 0.3) is 0 Å². The number of nitrogens with zero attached hydrogens (tertiary/aromatic N) is 1. The van der Waals surface area contributed by atoms with E-state index in [1.165, 1.54) is 0 Å². The zero-order chi connectivity index (χ0) is 10.6. The van der Waals surface area contributed by atoms with Crippen LogP contribution in [0.1, 0.15) is 24.5 Å². The minimum Gasteiger partial charge on any atom is -0.328 e. The monoisotopic (exact) mass is 208 g/mol. The van der Waals surface area contributed by atoms with Crippen LogP contribution in [0.2, 0.25) is 5.02 Å². The Bertz CT molecular complexity index is 353. The second-order valence-electron chi connectivity index (χ2n) is 3.43. The first-order chi connectivity index (χ1) is 6.63. The molecule has 1 aromatic carbocycles. The average molecular weight is 209 g/mol. The van der Waals surface area contributed by atoms with Crippen LogP contribution in [0, 0.1) is 11.3 Å². The molecular weight excluding hydrogens is 196 g/mol. The van der Waals surface area contributed by atoms with E-state index >= 15 is 0 Å². The summed E-state index contributed by atoms with van der Waals surface area (Å²) in [5.74, 6) is 0. The van der Waals surface area contributed by atoms with Gasteiger partial charge in [-0.1, -0.05) is 17.7 Å². The number of hydrogen-bond acceptors (Lipinski definition) is 2. The third kappa shape index (κ3) is 3.02. The van der Waals surface area contributed by atoms with Gasteiger partial charge in [0.1, 0.15) is 0 Å². The average Bonchev–Trinajstić information content (AvgIpc) is 2.15. The minimum absolute atomic E-state index is 0.164. The summed E-state index contributed by atoms with van der Waals surface area (Å²) in [6.45, 7) is 1.96. The fourth-order valence-corrected chi connectivity index (χ4v) is 1.43. The smallest absolute Gasteiger partial charge is 0.0995 e. The first kappa shape index (κ1) is 11.0. The third-order valence-corrected chi connectivity index (χ3v) is 2.30. The Morgan fingerprint density at radius 3 is 2.86 bits per heavy atom. The number of aryl methyl sites for hydroxylation is 1. The Kier molecular flexibility index (Phi) is 3.94. The molecule has 0 heterocycles. The molecule has 74 valence electrons. The number of nitriles is 1. The molecule has 0 saturated heterocycles. The predicted molar refractivity (Wildman–Crippen MR) is 58.1 cm³/mol.